The fourth-order valence-corrected chi connectivity index (χ4v) is 4.87. The summed E-state index contributed by atoms with van der Waals surface area (Å²) in [6.07, 6.45) is 2.85. The molecule has 0 spiro atoms. The number of benzene rings is 1. The molecule has 0 radical (unpaired) electrons. The van der Waals surface area contributed by atoms with Crippen molar-refractivity contribution in [2.24, 2.45) is 0 Å². The van der Waals surface area contributed by atoms with E-state index in [1.165, 1.54) is 44.4 Å². The standard InChI is InChI=1S/C21H17FN6O2S2/c22-13-4-1-5-14(12-13)28-18(16-7-3-10-31-16)24-17(26-28)20(30)27-9-2-6-15(27)19(29)25-21-23-8-11-32-21/h1,3-5,7-8,10-12,15H,2,6,9H2,(H,23,25,29). The van der Waals surface area contributed by atoms with Gasteiger partial charge in [-0.1, -0.05) is 12.1 Å². The van der Waals surface area contributed by atoms with Crippen LogP contribution in [0, 0.1) is 5.82 Å². The van der Waals surface area contributed by atoms with Crippen LogP contribution in [0.25, 0.3) is 16.4 Å². The van der Waals surface area contributed by atoms with Gasteiger partial charge in [0.2, 0.25) is 11.7 Å². The van der Waals surface area contributed by atoms with Crippen molar-refractivity contribution in [2.75, 3.05) is 11.9 Å². The minimum absolute atomic E-state index is 0.0355. The van der Waals surface area contributed by atoms with E-state index in [9.17, 15) is 14.0 Å². The maximum Gasteiger partial charge on any atom is 0.294 e. The largest absolute Gasteiger partial charge is 0.324 e. The number of halogens is 1. The number of aromatic nitrogens is 4. The average Bonchev–Trinajstić information content (AvgIpc) is 3.59. The number of anilines is 1. The van der Waals surface area contributed by atoms with Gasteiger partial charge in [0.1, 0.15) is 11.9 Å². The molecule has 8 nitrogen and oxygen atoms in total. The third-order valence-corrected chi connectivity index (χ3v) is 6.63. The molecule has 1 aromatic carbocycles. The van der Waals surface area contributed by atoms with Crippen molar-refractivity contribution >= 4 is 39.6 Å². The third kappa shape index (κ3) is 3.92. The van der Waals surface area contributed by atoms with Gasteiger partial charge in [-0.2, -0.15) is 0 Å². The molecular formula is C21H17FN6O2S2. The van der Waals surface area contributed by atoms with Crippen molar-refractivity contribution in [3.63, 3.8) is 0 Å². The second kappa shape index (κ2) is 8.60. The summed E-state index contributed by atoms with van der Waals surface area (Å²) in [4.78, 5) is 36.9. The number of nitrogens with one attached hydrogen (secondary N) is 1. The van der Waals surface area contributed by atoms with E-state index in [0.29, 0.717) is 36.0 Å². The predicted molar refractivity (Wildman–Crippen MR) is 119 cm³/mol. The van der Waals surface area contributed by atoms with Crippen LogP contribution in [0.4, 0.5) is 9.52 Å². The van der Waals surface area contributed by atoms with E-state index < -0.39 is 17.8 Å². The number of thiophene rings is 1. The highest BCUT2D eigenvalue weighted by molar-refractivity contribution is 7.14. The number of hydrogen-bond acceptors (Lipinski definition) is 7. The molecule has 1 saturated heterocycles. The molecule has 3 aromatic heterocycles. The summed E-state index contributed by atoms with van der Waals surface area (Å²) in [5, 5.41) is 11.3. The number of thiazole rings is 1. The maximum atomic E-state index is 13.9. The maximum absolute atomic E-state index is 13.9. The van der Waals surface area contributed by atoms with Gasteiger partial charge in [0.15, 0.2) is 11.0 Å². The van der Waals surface area contributed by atoms with Crippen LogP contribution in [0.15, 0.2) is 53.4 Å². The first-order chi connectivity index (χ1) is 15.6. The molecule has 1 atom stereocenters. The van der Waals surface area contributed by atoms with Gasteiger partial charge in [-0.25, -0.2) is 19.0 Å². The second-order valence-electron chi connectivity index (χ2n) is 7.11. The first-order valence-corrected chi connectivity index (χ1v) is 11.6. The van der Waals surface area contributed by atoms with Gasteiger partial charge in [-0.05, 0) is 42.5 Å². The summed E-state index contributed by atoms with van der Waals surface area (Å²) in [5.74, 6) is -0.728. The van der Waals surface area contributed by atoms with E-state index in [2.05, 4.69) is 20.4 Å². The van der Waals surface area contributed by atoms with E-state index in [0.717, 1.165) is 4.88 Å². The van der Waals surface area contributed by atoms with Crippen LogP contribution >= 0.6 is 22.7 Å². The van der Waals surface area contributed by atoms with Crippen molar-refractivity contribution in [3.05, 3.63) is 65.0 Å². The van der Waals surface area contributed by atoms with Gasteiger partial charge in [0.05, 0.1) is 10.6 Å². The Kier molecular flexibility index (Phi) is 5.50. The first-order valence-electron chi connectivity index (χ1n) is 9.88. The second-order valence-corrected chi connectivity index (χ2v) is 8.95. The molecule has 4 heterocycles. The van der Waals surface area contributed by atoms with Crippen molar-refractivity contribution in [2.45, 2.75) is 18.9 Å². The smallest absolute Gasteiger partial charge is 0.294 e. The number of amides is 2. The van der Waals surface area contributed by atoms with Gasteiger partial charge in [-0.15, -0.1) is 27.8 Å². The fourth-order valence-electron chi connectivity index (χ4n) is 3.64. The molecule has 162 valence electrons. The fraction of sp³-hybridized carbons (Fsp3) is 0.190. The normalized spacial score (nSPS) is 15.8. The van der Waals surface area contributed by atoms with Gasteiger partial charge in [0, 0.05) is 18.1 Å². The quantitative estimate of drug-likeness (QED) is 0.481. The Morgan fingerprint density at radius 3 is 2.81 bits per heavy atom. The zero-order valence-corrected chi connectivity index (χ0v) is 18.3. The minimum Gasteiger partial charge on any atom is -0.324 e. The summed E-state index contributed by atoms with van der Waals surface area (Å²) in [5.41, 5.74) is 0.458. The predicted octanol–water partition coefficient (Wildman–Crippen LogP) is 3.83. The van der Waals surface area contributed by atoms with E-state index >= 15 is 0 Å². The number of likely N-dealkylation sites (tertiary alicyclic amines) is 1. The zero-order chi connectivity index (χ0) is 22.1. The highest BCUT2D eigenvalue weighted by Gasteiger charge is 2.37. The van der Waals surface area contributed by atoms with E-state index in [4.69, 9.17) is 0 Å². The Hall–Kier alpha value is -3.44. The lowest BCUT2D eigenvalue weighted by molar-refractivity contribution is -0.119. The van der Waals surface area contributed by atoms with Gasteiger partial charge in [-0.3, -0.25) is 9.59 Å². The lowest BCUT2D eigenvalue weighted by Crippen LogP contribution is -2.43. The molecule has 1 fully saturated rings. The van der Waals surface area contributed by atoms with E-state index in [-0.39, 0.29) is 11.7 Å². The highest BCUT2D eigenvalue weighted by atomic mass is 32.1. The number of hydrogen-bond donors (Lipinski definition) is 1. The van der Waals surface area contributed by atoms with E-state index in [1.807, 2.05) is 17.5 Å². The summed E-state index contributed by atoms with van der Waals surface area (Å²) in [7, 11) is 0. The molecule has 0 bridgehead atoms. The van der Waals surface area contributed by atoms with Gasteiger partial charge in [0.25, 0.3) is 5.91 Å². The van der Waals surface area contributed by atoms with E-state index in [1.54, 1.807) is 23.7 Å². The molecule has 1 unspecified atom stereocenters. The minimum atomic E-state index is -0.627. The molecule has 2 amide bonds. The molecule has 0 saturated carbocycles. The summed E-state index contributed by atoms with van der Waals surface area (Å²) in [6.45, 7) is 0.428. The number of nitrogens with zero attached hydrogens (tertiary/aromatic N) is 5. The molecule has 1 aliphatic rings. The lowest BCUT2D eigenvalue weighted by atomic mass is 10.2. The third-order valence-electron chi connectivity index (χ3n) is 5.07. The number of rotatable bonds is 5. The number of carbonyl (C=O) groups is 2. The van der Waals surface area contributed by atoms with Crippen molar-refractivity contribution in [3.8, 4) is 16.4 Å². The molecule has 1 N–H and O–H groups in total. The number of carbonyl (C=O) groups excluding carboxylic acids is 2. The Morgan fingerprint density at radius 2 is 2.06 bits per heavy atom. The summed E-state index contributed by atoms with van der Waals surface area (Å²) >= 11 is 2.76. The topological polar surface area (TPSA) is 93.0 Å². The molecule has 4 aromatic rings. The Labute approximate surface area is 190 Å². The summed E-state index contributed by atoms with van der Waals surface area (Å²) in [6, 6.07) is 9.05. The molecule has 32 heavy (non-hydrogen) atoms. The van der Waals surface area contributed by atoms with Crippen LogP contribution in [0.1, 0.15) is 23.5 Å². The van der Waals surface area contributed by atoms with Crippen LogP contribution < -0.4 is 5.32 Å². The monoisotopic (exact) mass is 468 g/mol. The van der Waals surface area contributed by atoms with Crippen molar-refractivity contribution in [1.82, 2.24) is 24.6 Å². The molecule has 5 rings (SSSR count). The zero-order valence-electron chi connectivity index (χ0n) is 16.6. The van der Waals surface area contributed by atoms with Crippen molar-refractivity contribution in [1.29, 1.82) is 0 Å². The molecule has 0 aliphatic carbocycles. The lowest BCUT2D eigenvalue weighted by Gasteiger charge is -2.22. The molecule has 1 aliphatic heterocycles. The SMILES string of the molecule is O=C(Nc1nccs1)C1CCCN1C(=O)c1nc(-c2cccs2)n(-c2cccc(F)c2)n1. The molecular weight excluding hydrogens is 451 g/mol. The summed E-state index contributed by atoms with van der Waals surface area (Å²) < 4.78 is 15.3. The Morgan fingerprint density at radius 1 is 1.16 bits per heavy atom. The van der Waals surface area contributed by atoms with Crippen LogP contribution in [0.3, 0.4) is 0 Å². The van der Waals surface area contributed by atoms with Crippen LogP contribution in [-0.4, -0.2) is 49.0 Å². The van der Waals surface area contributed by atoms with Crippen LogP contribution in [-0.2, 0) is 4.79 Å². The highest BCUT2D eigenvalue weighted by Crippen LogP contribution is 2.27. The Bertz CT molecular complexity index is 1260. The van der Waals surface area contributed by atoms with Gasteiger partial charge >= 0.3 is 0 Å². The average molecular weight is 469 g/mol. The Balaban J connectivity index is 1.47. The molecule has 11 heteroatoms. The first kappa shape index (κ1) is 20.5. The van der Waals surface area contributed by atoms with Gasteiger partial charge < -0.3 is 10.2 Å². The van der Waals surface area contributed by atoms with Crippen LogP contribution in [0.2, 0.25) is 0 Å². The van der Waals surface area contributed by atoms with Crippen LogP contribution in [0.5, 0.6) is 0 Å². The van der Waals surface area contributed by atoms with Crippen molar-refractivity contribution < 1.29 is 14.0 Å².